The third-order valence-corrected chi connectivity index (χ3v) is 5.53. The Morgan fingerprint density at radius 1 is 1.04 bits per heavy atom. The highest BCUT2D eigenvalue weighted by molar-refractivity contribution is 7.18. The van der Waals surface area contributed by atoms with Gasteiger partial charge >= 0.3 is 5.97 Å². The van der Waals surface area contributed by atoms with Crippen LogP contribution in [-0.2, 0) is 11.3 Å². The van der Waals surface area contributed by atoms with E-state index in [0.29, 0.717) is 5.01 Å². The molecular weight excluding hydrogens is 402 g/mol. The van der Waals surface area contributed by atoms with E-state index in [1.807, 2.05) is 24.3 Å². The second-order valence-electron chi connectivity index (χ2n) is 4.34. The Kier molecular flexibility index (Phi) is 4.94. The van der Waals surface area contributed by atoms with Gasteiger partial charge in [-0.2, -0.15) is 0 Å². The van der Waals surface area contributed by atoms with Gasteiger partial charge in [0, 0.05) is 0 Å². The molecule has 0 N–H and O–H groups in total. The fourth-order valence-electron chi connectivity index (χ4n) is 1.80. The van der Waals surface area contributed by atoms with Gasteiger partial charge in [-0.15, -0.1) is 11.3 Å². The van der Waals surface area contributed by atoms with E-state index in [2.05, 4.69) is 9.97 Å². The summed E-state index contributed by atoms with van der Waals surface area (Å²) in [6.07, 6.45) is 0. The number of hydrogen-bond acceptors (Lipinski definition) is 5. The lowest BCUT2D eigenvalue weighted by molar-refractivity contribution is 0.0466. The van der Waals surface area contributed by atoms with Crippen molar-refractivity contribution >= 4 is 73.9 Å². The fraction of sp³-hybridized carbons (Fsp3) is 0.0714. The van der Waals surface area contributed by atoms with Crippen LogP contribution in [0, 0.1) is 0 Å². The van der Waals surface area contributed by atoms with Gasteiger partial charge in [0.1, 0.15) is 16.8 Å². The van der Waals surface area contributed by atoms with Crippen molar-refractivity contribution in [2.75, 3.05) is 0 Å². The maximum absolute atomic E-state index is 12.1. The first-order valence-corrected chi connectivity index (χ1v) is 8.51. The molecule has 0 fully saturated rings. The minimum absolute atomic E-state index is 0.00590. The number of rotatable bonds is 3. The highest BCUT2D eigenvalue weighted by Gasteiger charge is 2.21. The molecule has 0 atom stereocenters. The highest BCUT2D eigenvalue weighted by atomic mass is 35.5. The zero-order chi connectivity index (χ0) is 16.6. The van der Waals surface area contributed by atoms with Crippen molar-refractivity contribution in [3.05, 3.63) is 55.2 Å². The summed E-state index contributed by atoms with van der Waals surface area (Å²) in [5.41, 5.74) is 0.657. The number of carbonyl (C=O) groups excluding carboxylic acids is 1. The van der Waals surface area contributed by atoms with Crippen LogP contribution in [0.2, 0.25) is 20.2 Å². The molecule has 2 aromatic heterocycles. The standard InChI is InChI=1S/C14H6Cl4N2O2S/c15-9-10(16)12(20-13(18)11(9)17)14(21)22-5-8-19-6-3-1-2-4-7(6)23-8/h1-4H,5H2. The summed E-state index contributed by atoms with van der Waals surface area (Å²) in [6.45, 7) is -0.00590. The van der Waals surface area contributed by atoms with Crippen LogP contribution >= 0.6 is 57.7 Å². The van der Waals surface area contributed by atoms with E-state index >= 15 is 0 Å². The third kappa shape index (κ3) is 3.39. The number of hydrogen-bond donors (Lipinski definition) is 0. The van der Waals surface area contributed by atoms with Gasteiger partial charge in [0.25, 0.3) is 0 Å². The van der Waals surface area contributed by atoms with Crippen LogP contribution in [0.15, 0.2) is 24.3 Å². The van der Waals surface area contributed by atoms with Crippen LogP contribution in [-0.4, -0.2) is 15.9 Å². The molecule has 0 saturated carbocycles. The first kappa shape index (κ1) is 16.7. The minimum Gasteiger partial charge on any atom is -0.454 e. The number of fused-ring (bicyclic) bond motifs is 1. The molecule has 3 rings (SSSR count). The smallest absolute Gasteiger partial charge is 0.359 e. The molecule has 0 aliphatic carbocycles. The molecule has 3 aromatic rings. The summed E-state index contributed by atoms with van der Waals surface area (Å²) >= 11 is 24.9. The molecule has 0 aliphatic heterocycles. The quantitative estimate of drug-likeness (QED) is 0.415. The number of carbonyl (C=O) groups is 1. The van der Waals surface area contributed by atoms with Crippen LogP contribution in [0.1, 0.15) is 15.5 Å². The van der Waals surface area contributed by atoms with E-state index < -0.39 is 5.97 Å². The monoisotopic (exact) mass is 406 g/mol. The van der Waals surface area contributed by atoms with E-state index in [1.54, 1.807) is 0 Å². The Labute approximate surface area is 154 Å². The SMILES string of the molecule is O=C(OCc1nc2ccccc2s1)c1nc(Cl)c(Cl)c(Cl)c1Cl. The molecule has 0 radical (unpaired) electrons. The lowest BCUT2D eigenvalue weighted by Gasteiger charge is -2.07. The van der Waals surface area contributed by atoms with Crippen molar-refractivity contribution < 1.29 is 9.53 Å². The Bertz CT molecular complexity index is 880. The van der Waals surface area contributed by atoms with E-state index in [1.165, 1.54) is 11.3 Å². The normalized spacial score (nSPS) is 11.0. The third-order valence-electron chi connectivity index (χ3n) is 2.84. The summed E-state index contributed by atoms with van der Waals surface area (Å²) < 4.78 is 6.18. The predicted octanol–water partition coefficient (Wildman–Crippen LogP) is 5.66. The van der Waals surface area contributed by atoms with E-state index in [0.717, 1.165) is 10.2 Å². The maximum atomic E-state index is 12.1. The van der Waals surface area contributed by atoms with Crippen molar-refractivity contribution in [2.45, 2.75) is 6.61 Å². The Balaban J connectivity index is 1.79. The molecule has 0 unspecified atom stereocenters. The van der Waals surface area contributed by atoms with E-state index in [-0.39, 0.29) is 32.5 Å². The number of para-hydroxylation sites is 1. The number of esters is 1. The average molecular weight is 408 g/mol. The zero-order valence-corrected chi connectivity index (χ0v) is 15.0. The molecular formula is C14H6Cl4N2O2S. The van der Waals surface area contributed by atoms with Crippen molar-refractivity contribution in [2.24, 2.45) is 0 Å². The molecule has 1 aromatic carbocycles. The largest absolute Gasteiger partial charge is 0.454 e. The first-order valence-electron chi connectivity index (χ1n) is 6.19. The average Bonchev–Trinajstić information content (AvgIpc) is 2.97. The molecule has 23 heavy (non-hydrogen) atoms. The number of nitrogens with zero attached hydrogens (tertiary/aromatic N) is 2. The minimum atomic E-state index is -0.755. The van der Waals surface area contributed by atoms with Gasteiger partial charge in [-0.1, -0.05) is 58.5 Å². The number of benzene rings is 1. The van der Waals surface area contributed by atoms with Crippen LogP contribution in [0.4, 0.5) is 0 Å². The van der Waals surface area contributed by atoms with Crippen LogP contribution in [0.3, 0.4) is 0 Å². The van der Waals surface area contributed by atoms with Gasteiger partial charge in [0.05, 0.1) is 25.3 Å². The molecule has 9 heteroatoms. The first-order chi connectivity index (χ1) is 11.0. The second kappa shape index (κ2) is 6.79. The number of pyridine rings is 1. The summed E-state index contributed by atoms with van der Waals surface area (Å²) in [5.74, 6) is -0.755. The van der Waals surface area contributed by atoms with Gasteiger partial charge < -0.3 is 4.74 Å². The maximum Gasteiger partial charge on any atom is 0.359 e. The fourth-order valence-corrected chi connectivity index (χ4v) is 3.49. The van der Waals surface area contributed by atoms with Gasteiger partial charge in [-0.25, -0.2) is 14.8 Å². The van der Waals surface area contributed by atoms with Crippen molar-refractivity contribution in [1.29, 1.82) is 0 Å². The summed E-state index contributed by atoms with van der Waals surface area (Å²) in [5, 5.41) is 0.381. The van der Waals surface area contributed by atoms with Gasteiger partial charge in [-0.05, 0) is 12.1 Å². The summed E-state index contributed by atoms with van der Waals surface area (Å²) in [7, 11) is 0. The Hall–Kier alpha value is -1.11. The van der Waals surface area contributed by atoms with Crippen molar-refractivity contribution in [3.63, 3.8) is 0 Å². The number of thiazole rings is 1. The topological polar surface area (TPSA) is 52.1 Å². The molecule has 0 aliphatic rings. The molecule has 0 spiro atoms. The highest BCUT2D eigenvalue weighted by Crippen LogP contribution is 2.36. The van der Waals surface area contributed by atoms with Gasteiger partial charge in [0.2, 0.25) is 0 Å². The molecule has 118 valence electrons. The lowest BCUT2D eigenvalue weighted by atomic mass is 10.3. The molecule has 0 saturated heterocycles. The second-order valence-corrected chi connectivity index (χ2v) is 6.95. The summed E-state index contributed by atoms with van der Waals surface area (Å²) in [4.78, 5) is 20.3. The van der Waals surface area contributed by atoms with Crippen molar-refractivity contribution in [3.8, 4) is 0 Å². The lowest BCUT2D eigenvalue weighted by Crippen LogP contribution is -2.09. The van der Waals surface area contributed by atoms with Crippen LogP contribution < -0.4 is 0 Å². The predicted molar refractivity (Wildman–Crippen MR) is 93.0 cm³/mol. The number of halogens is 4. The molecule has 0 amide bonds. The molecule has 2 heterocycles. The number of aromatic nitrogens is 2. The van der Waals surface area contributed by atoms with Crippen LogP contribution in [0.5, 0.6) is 0 Å². The van der Waals surface area contributed by atoms with Gasteiger partial charge in [0.15, 0.2) is 5.69 Å². The Morgan fingerprint density at radius 3 is 2.52 bits per heavy atom. The van der Waals surface area contributed by atoms with Gasteiger partial charge in [-0.3, -0.25) is 0 Å². The molecule has 4 nitrogen and oxygen atoms in total. The van der Waals surface area contributed by atoms with Crippen LogP contribution in [0.25, 0.3) is 10.2 Å². The Morgan fingerprint density at radius 2 is 1.78 bits per heavy atom. The van der Waals surface area contributed by atoms with Crippen molar-refractivity contribution in [1.82, 2.24) is 9.97 Å². The van der Waals surface area contributed by atoms with E-state index in [9.17, 15) is 4.79 Å². The zero-order valence-electron chi connectivity index (χ0n) is 11.1. The molecule has 0 bridgehead atoms. The summed E-state index contributed by atoms with van der Waals surface area (Å²) in [6, 6.07) is 7.63. The number of ether oxygens (including phenoxy) is 1. The van der Waals surface area contributed by atoms with E-state index in [4.69, 9.17) is 51.1 Å².